The standard InChI is InChI=1S/Dy.2HI.Na.H/h;2*1H;;/q;;;+1;-1. The molecule has 0 aromatic heterocycles. The second kappa shape index (κ2) is 15.9. The van der Waals surface area contributed by atoms with Crippen LogP contribution in [0.4, 0.5) is 0 Å². The zero-order chi connectivity index (χ0) is 0. The minimum atomic E-state index is 0. The Morgan fingerprint density at radius 3 is 1.00 bits per heavy atom. The van der Waals surface area contributed by atoms with Crippen LogP contribution >= 0.6 is 48.0 Å². The molecule has 0 fully saturated rings. The van der Waals surface area contributed by atoms with Gasteiger partial charge in [0.05, 0.1) is 0 Å². The molecule has 0 amide bonds. The summed E-state index contributed by atoms with van der Waals surface area (Å²) in [7, 11) is 0. The van der Waals surface area contributed by atoms with Gasteiger partial charge in [0.25, 0.3) is 0 Å². The second-order valence-corrected chi connectivity index (χ2v) is 0. The summed E-state index contributed by atoms with van der Waals surface area (Å²) in [6.45, 7) is 0. The monoisotopic (exact) mass is 444 g/mol. The predicted molar refractivity (Wildman–Crippen MR) is 31.9 cm³/mol. The molecule has 0 saturated carbocycles. The largest absolute Gasteiger partial charge is 1.00 e. The molecule has 0 unspecified atom stereocenters. The molecule has 0 aromatic rings. The first-order valence-corrected chi connectivity index (χ1v) is 0. The van der Waals surface area contributed by atoms with Gasteiger partial charge in [-0.05, 0) is 0 Å². The van der Waals surface area contributed by atoms with Crippen molar-refractivity contribution in [2.45, 2.75) is 0 Å². The Labute approximate surface area is 114 Å². The van der Waals surface area contributed by atoms with Gasteiger partial charge < -0.3 is 1.43 Å². The summed E-state index contributed by atoms with van der Waals surface area (Å²) >= 11 is 0. The van der Waals surface area contributed by atoms with Gasteiger partial charge >= 0.3 is 29.6 Å². The van der Waals surface area contributed by atoms with Crippen LogP contribution in [0.3, 0.4) is 0 Å². The Kier molecular flexibility index (Phi) is 99.9. The van der Waals surface area contributed by atoms with Crippen LogP contribution in [0.5, 0.6) is 0 Å². The minimum Gasteiger partial charge on any atom is -1.00 e. The minimum absolute atomic E-state index is 0. The summed E-state index contributed by atoms with van der Waals surface area (Å²) in [5.74, 6) is 0. The summed E-state index contributed by atoms with van der Waals surface area (Å²) < 4.78 is 0. The van der Waals surface area contributed by atoms with Crippen molar-refractivity contribution in [3.63, 3.8) is 0 Å². The van der Waals surface area contributed by atoms with Crippen molar-refractivity contribution < 1.29 is 69.2 Å². The maximum absolute atomic E-state index is 0. The van der Waals surface area contributed by atoms with Crippen LogP contribution in [-0.2, 0) is 0 Å². The molecule has 0 aliphatic carbocycles. The Morgan fingerprint density at radius 2 is 1.00 bits per heavy atom. The summed E-state index contributed by atoms with van der Waals surface area (Å²) in [6.07, 6.45) is 0. The Balaban J connectivity index is 0. The Bertz CT molecular complexity index is 9.61. The molecule has 0 bridgehead atoms. The first-order valence-electron chi connectivity index (χ1n) is 0. The molecule has 0 nitrogen and oxygen atoms in total. The van der Waals surface area contributed by atoms with Crippen LogP contribution in [0, 0.1) is 38.2 Å². The summed E-state index contributed by atoms with van der Waals surface area (Å²) in [4.78, 5) is 0. The SMILES string of the molecule is I.I.[Dy].[H-].[Na+]. The van der Waals surface area contributed by atoms with Gasteiger partial charge in [-0.3, -0.25) is 0 Å². The van der Waals surface area contributed by atoms with Crippen molar-refractivity contribution in [3.8, 4) is 0 Å². The Hall–Kier alpha value is 3.73. The fourth-order valence-electron chi connectivity index (χ4n) is 0. The molecule has 0 radical (unpaired) electrons. The van der Waals surface area contributed by atoms with Crippen molar-refractivity contribution in [2.24, 2.45) is 0 Å². The molecule has 0 atom stereocenters. The van der Waals surface area contributed by atoms with E-state index in [1.807, 2.05) is 0 Å². The smallest absolute Gasteiger partial charge is 1.00 e. The van der Waals surface area contributed by atoms with E-state index in [2.05, 4.69) is 0 Å². The van der Waals surface area contributed by atoms with Crippen molar-refractivity contribution in [3.05, 3.63) is 0 Å². The first kappa shape index (κ1) is 25.2. The van der Waals surface area contributed by atoms with E-state index in [4.69, 9.17) is 0 Å². The van der Waals surface area contributed by atoms with E-state index in [1.54, 1.807) is 0 Å². The molecule has 4 heavy (non-hydrogen) atoms. The van der Waals surface area contributed by atoms with Crippen molar-refractivity contribution in [1.29, 1.82) is 0 Å². The van der Waals surface area contributed by atoms with Gasteiger partial charge in [0, 0.05) is 38.2 Å². The van der Waals surface area contributed by atoms with Crippen LogP contribution in [0.25, 0.3) is 0 Å². The van der Waals surface area contributed by atoms with E-state index in [0.29, 0.717) is 0 Å². The van der Waals surface area contributed by atoms with Crippen LogP contribution < -0.4 is 29.6 Å². The molecule has 0 heterocycles. The molecule has 0 rings (SSSR count). The van der Waals surface area contributed by atoms with Gasteiger partial charge in [-0.15, -0.1) is 48.0 Å². The summed E-state index contributed by atoms with van der Waals surface area (Å²) in [5, 5.41) is 0. The Morgan fingerprint density at radius 1 is 1.00 bits per heavy atom. The predicted octanol–water partition coefficient (Wildman–Crippen LogP) is -1.65. The van der Waals surface area contributed by atoms with Crippen LogP contribution in [-0.4, -0.2) is 0 Å². The fourth-order valence-corrected chi connectivity index (χ4v) is 0. The van der Waals surface area contributed by atoms with Crippen molar-refractivity contribution >= 4 is 48.0 Å². The molecule has 0 spiro atoms. The van der Waals surface area contributed by atoms with E-state index in [1.165, 1.54) is 0 Å². The van der Waals surface area contributed by atoms with Gasteiger partial charge in [0.15, 0.2) is 0 Å². The van der Waals surface area contributed by atoms with Gasteiger partial charge in [-0.2, -0.15) is 0 Å². The van der Waals surface area contributed by atoms with Crippen LogP contribution in [0.1, 0.15) is 1.43 Å². The first-order chi connectivity index (χ1) is 0. The summed E-state index contributed by atoms with van der Waals surface area (Å²) in [6, 6.07) is 0. The molecular formula is H3DyI2Na. The number of rotatable bonds is 0. The molecule has 0 N–H and O–H groups in total. The molecule has 0 aliphatic rings. The average molecular weight is 442 g/mol. The van der Waals surface area contributed by atoms with E-state index < -0.39 is 0 Å². The molecule has 0 saturated heterocycles. The van der Waals surface area contributed by atoms with Gasteiger partial charge in [0.1, 0.15) is 0 Å². The zero-order valence-corrected chi connectivity index (χ0v) is 10.8. The molecular weight excluding hydrogens is 439 g/mol. The summed E-state index contributed by atoms with van der Waals surface area (Å²) in [5.41, 5.74) is 0. The average Bonchev–Trinajstić information content (AvgIpc) is 0. The third kappa shape index (κ3) is 9.22. The van der Waals surface area contributed by atoms with E-state index in [0.717, 1.165) is 0 Å². The number of hydrogen-bond acceptors (Lipinski definition) is 0. The van der Waals surface area contributed by atoms with Gasteiger partial charge in [-0.25, -0.2) is 0 Å². The third-order valence-corrected chi connectivity index (χ3v) is 0. The van der Waals surface area contributed by atoms with E-state index >= 15 is 0 Å². The van der Waals surface area contributed by atoms with Gasteiger partial charge in [0.2, 0.25) is 0 Å². The fraction of sp³-hybridized carbons (Fsp3) is 0. The normalized spacial score (nSPS) is 0. The molecule has 0 aromatic carbocycles. The van der Waals surface area contributed by atoms with Gasteiger partial charge in [-0.1, -0.05) is 0 Å². The van der Waals surface area contributed by atoms with Crippen LogP contribution in [0.2, 0.25) is 0 Å². The molecule has 4 heteroatoms. The molecule has 0 aliphatic heterocycles. The second-order valence-electron chi connectivity index (χ2n) is 0. The maximum atomic E-state index is 0. The number of hydrogen-bond donors (Lipinski definition) is 0. The topological polar surface area (TPSA) is 0 Å². The van der Waals surface area contributed by atoms with Crippen molar-refractivity contribution in [1.82, 2.24) is 0 Å². The van der Waals surface area contributed by atoms with E-state index in [9.17, 15) is 0 Å². The van der Waals surface area contributed by atoms with Crippen LogP contribution in [0.15, 0.2) is 0 Å². The van der Waals surface area contributed by atoms with E-state index in [-0.39, 0.29) is 117 Å². The quantitative estimate of drug-likeness (QED) is 0.312. The third-order valence-electron chi connectivity index (χ3n) is 0. The maximum Gasteiger partial charge on any atom is 1.00 e. The zero-order valence-electron chi connectivity index (χ0n) is 3.13. The molecule has 28 valence electrons. The number of halogens is 2. The van der Waals surface area contributed by atoms with Crippen molar-refractivity contribution in [2.75, 3.05) is 0 Å².